The summed E-state index contributed by atoms with van der Waals surface area (Å²) in [5.74, 6) is 0.475. The highest BCUT2D eigenvalue weighted by Gasteiger charge is 2.44. The normalized spacial score (nSPS) is 16.4. The summed E-state index contributed by atoms with van der Waals surface area (Å²) >= 11 is 0. The smallest absolute Gasteiger partial charge is 0.275 e. The van der Waals surface area contributed by atoms with E-state index in [1.165, 1.54) is 4.68 Å². The average molecular weight is 391 g/mol. The first-order valence-corrected chi connectivity index (χ1v) is 9.81. The third-order valence-corrected chi connectivity index (χ3v) is 5.53. The van der Waals surface area contributed by atoms with Gasteiger partial charge in [-0.1, -0.05) is 18.2 Å². The van der Waals surface area contributed by atoms with Crippen LogP contribution in [-0.4, -0.2) is 21.5 Å². The summed E-state index contributed by atoms with van der Waals surface area (Å²) in [7, 11) is 0. The monoisotopic (exact) mass is 391 g/mol. The molecular weight excluding hydrogens is 370 g/mol. The molecule has 1 N–H and O–H groups in total. The number of fused-ring (bicyclic) bond motifs is 2. The van der Waals surface area contributed by atoms with Crippen molar-refractivity contribution in [1.29, 1.82) is 0 Å². The lowest BCUT2D eigenvalue weighted by Gasteiger charge is -2.21. The Kier molecular flexibility index (Phi) is 4.04. The predicted octanol–water partition coefficient (Wildman–Crippen LogP) is 3.39. The summed E-state index contributed by atoms with van der Waals surface area (Å²) in [6.45, 7) is 1.66. The van der Waals surface area contributed by atoms with Crippen LogP contribution in [0.4, 0.5) is 5.69 Å². The largest absolute Gasteiger partial charge is 0.448 e. The molecule has 1 amide bonds. The summed E-state index contributed by atoms with van der Waals surface area (Å²) in [6.07, 6.45) is 3.92. The van der Waals surface area contributed by atoms with E-state index in [9.17, 15) is 9.59 Å². The molecule has 5 rings (SSSR count). The van der Waals surface area contributed by atoms with Crippen LogP contribution < -0.4 is 20.3 Å². The van der Waals surface area contributed by atoms with Gasteiger partial charge in [0, 0.05) is 30.0 Å². The molecule has 0 unspecified atom stereocenters. The zero-order valence-corrected chi connectivity index (χ0v) is 16.1. The fourth-order valence-corrected chi connectivity index (χ4v) is 4.14. The van der Waals surface area contributed by atoms with Gasteiger partial charge in [-0.15, -0.1) is 0 Å². The first kappa shape index (κ1) is 17.7. The van der Waals surface area contributed by atoms with Crippen molar-refractivity contribution >= 4 is 22.4 Å². The second-order valence-electron chi connectivity index (χ2n) is 7.63. The molecule has 1 aliphatic heterocycles. The molecule has 3 aromatic rings. The fraction of sp³-hybridized carbons (Fsp3) is 0.318. The zero-order valence-electron chi connectivity index (χ0n) is 16.1. The summed E-state index contributed by atoms with van der Waals surface area (Å²) in [5.41, 5.74) is 1.02. The Hall–Kier alpha value is -3.35. The number of carbonyl (C=O) groups excluding carboxylic acids is 1. The van der Waals surface area contributed by atoms with Crippen molar-refractivity contribution in [3.63, 3.8) is 0 Å². The molecular formula is C22H21N3O4. The summed E-state index contributed by atoms with van der Waals surface area (Å²) in [6, 6.07) is 12.6. The van der Waals surface area contributed by atoms with Gasteiger partial charge in [0.05, 0.1) is 11.1 Å². The average Bonchev–Trinajstić information content (AvgIpc) is 3.31. The van der Waals surface area contributed by atoms with E-state index < -0.39 is 5.79 Å². The van der Waals surface area contributed by atoms with Crippen molar-refractivity contribution in [3.8, 4) is 11.5 Å². The van der Waals surface area contributed by atoms with E-state index in [1.807, 2.05) is 25.1 Å². The lowest BCUT2D eigenvalue weighted by molar-refractivity contribution is -0.117. The van der Waals surface area contributed by atoms with Crippen LogP contribution in [0.1, 0.15) is 31.4 Å². The second-order valence-corrected chi connectivity index (χ2v) is 7.63. The predicted molar refractivity (Wildman–Crippen MR) is 108 cm³/mol. The summed E-state index contributed by atoms with van der Waals surface area (Å²) in [4.78, 5) is 25.2. The van der Waals surface area contributed by atoms with E-state index in [2.05, 4.69) is 10.4 Å². The highest BCUT2D eigenvalue weighted by Crippen LogP contribution is 2.47. The maximum atomic E-state index is 12.6. The Morgan fingerprint density at radius 1 is 1.10 bits per heavy atom. The van der Waals surface area contributed by atoms with Gasteiger partial charge < -0.3 is 14.8 Å². The van der Waals surface area contributed by atoms with Crippen molar-refractivity contribution in [2.45, 2.75) is 44.9 Å². The third kappa shape index (κ3) is 3.12. The van der Waals surface area contributed by atoms with E-state index in [0.29, 0.717) is 28.3 Å². The van der Waals surface area contributed by atoms with Gasteiger partial charge in [-0.25, -0.2) is 4.68 Å². The standard InChI is InChI=1S/C22H21N3O4/c1-14-16-6-2-3-7-17(16)21(27)25(24-14)13-20(26)23-15-8-9-18-19(12-15)29-22(28-18)10-4-5-11-22/h2-3,6-9,12H,4-5,10-11,13H2,1H3,(H,23,26). The number of benzene rings is 2. The number of ether oxygens (including phenoxy) is 2. The van der Waals surface area contributed by atoms with Crippen molar-refractivity contribution < 1.29 is 14.3 Å². The molecule has 1 spiro atoms. The lowest BCUT2D eigenvalue weighted by Crippen LogP contribution is -2.34. The van der Waals surface area contributed by atoms with Crippen molar-refractivity contribution in [2.75, 3.05) is 5.32 Å². The molecule has 29 heavy (non-hydrogen) atoms. The van der Waals surface area contributed by atoms with Gasteiger partial charge in [0.15, 0.2) is 11.5 Å². The molecule has 0 bridgehead atoms. The van der Waals surface area contributed by atoms with Crippen molar-refractivity contribution in [1.82, 2.24) is 9.78 Å². The first-order chi connectivity index (χ1) is 14.0. The number of hydrogen-bond acceptors (Lipinski definition) is 5. The zero-order chi connectivity index (χ0) is 20.0. The molecule has 0 saturated heterocycles. The van der Waals surface area contributed by atoms with Gasteiger partial charge in [-0.2, -0.15) is 5.10 Å². The number of carbonyl (C=O) groups is 1. The first-order valence-electron chi connectivity index (χ1n) is 9.81. The number of anilines is 1. The molecule has 0 radical (unpaired) electrons. The van der Waals surface area contributed by atoms with Crippen LogP contribution in [0.5, 0.6) is 11.5 Å². The van der Waals surface area contributed by atoms with Crippen molar-refractivity contribution in [3.05, 3.63) is 58.5 Å². The number of aromatic nitrogens is 2. The molecule has 0 atom stereocenters. The van der Waals surface area contributed by atoms with Crippen LogP contribution in [0, 0.1) is 6.92 Å². The maximum Gasteiger partial charge on any atom is 0.275 e. The second kappa shape index (κ2) is 6.62. The number of hydrogen-bond donors (Lipinski definition) is 1. The molecule has 7 heteroatoms. The Morgan fingerprint density at radius 2 is 1.83 bits per heavy atom. The summed E-state index contributed by atoms with van der Waals surface area (Å²) in [5, 5.41) is 8.46. The molecule has 1 fully saturated rings. The lowest BCUT2D eigenvalue weighted by atomic mass is 10.1. The minimum atomic E-state index is -0.537. The van der Waals surface area contributed by atoms with E-state index in [0.717, 1.165) is 31.1 Å². The Morgan fingerprint density at radius 3 is 2.62 bits per heavy atom. The van der Waals surface area contributed by atoms with Crippen LogP contribution in [0.25, 0.3) is 10.8 Å². The molecule has 2 aromatic carbocycles. The maximum absolute atomic E-state index is 12.6. The topological polar surface area (TPSA) is 82.5 Å². The van der Waals surface area contributed by atoms with Gasteiger partial charge >= 0.3 is 0 Å². The molecule has 2 heterocycles. The van der Waals surface area contributed by atoms with Crippen LogP contribution in [-0.2, 0) is 11.3 Å². The minimum Gasteiger partial charge on any atom is -0.448 e. The van der Waals surface area contributed by atoms with Gasteiger partial charge in [0.2, 0.25) is 5.91 Å². The quantitative estimate of drug-likeness (QED) is 0.740. The summed E-state index contributed by atoms with van der Waals surface area (Å²) < 4.78 is 13.2. The van der Waals surface area contributed by atoms with Crippen LogP contribution in [0.3, 0.4) is 0 Å². The van der Waals surface area contributed by atoms with Crippen LogP contribution >= 0.6 is 0 Å². The van der Waals surface area contributed by atoms with Crippen molar-refractivity contribution in [2.24, 2.45) is 0 Å². The Balaban J connectivity index is 1.34. The highest BCUT2D eigenvalue weighted by molar-refractivity contribution is 5.91. The molecule has 1 aromatic heterocycles. The highest BCUT2D eigenvalue weighted by atomic mass is 16.7. The number of aryl methyl sites for hydroxylation is 1. The molecule has 7 nitrogen and oxygen atoms in total. The molecule has 148 valence electrons. The Bertz CT molecular complexity index is 1180. The number of amides is 1. The number of nitrogens with zero attached hydrogens (tertiary/aromatic N) is 2. The van der Waals surface area contributed by atoms with E-state index >= 15 is 0 Å². The van der Waals surface area contributed by atoms with Gasteiger partial charge in [-0.05, 0) is 38.0 Å². The molecule has 1 aliphatic carbocycles. The number of rotatable bonds is 3. The van der Waals surface area contributed by atoms with E-state index in [1.54, 1.807) is 24.3 Å². The minimum absolute atomic E-state index is 0.164. The van der Waals surface area contributed by atoms with E-state index in [-0.39, 0.29) is 18.0 Å². The van der Waals surface area contributed by atoms with Crippen LogP contribution in [0.15, 0.2) is 47.3 Å². The van der Waals surface area contributed by atoms with Crippen LogP contribution in [0.2, 0.25) is 0 Å². The molecule has 1 saturated carbocycles. The van der Waals surface area contributed by atoms with Gasteiger partial charge in [0.25, 0.3) is 11.3 Å². The van der Waals surface area contributed by atoms with E-state index in [4.69, 9.17) is 9.47 Å². The fourth-order valence-electron chi connectivity index (χ4n) is 4.14. The van der Waals surface area contributed by atoms with Gasteiger partial charge in [-0.3, -0.25) is 9.59 Å². The SMILES string of the molecule is Cc1nn(CC(=O)Nc2ccc3c(c2)OC2(CCCC2)O3)c(=O)c2ccccc12. The van der Waals surface area contributed by atoms with Gasteiger partial charge in [0.1, 0.15) is 6.54 Å². The molecule has 2 aliphatic rings. The Labute approximate surface area is 167 Å². The third-order valence-electron chi connectivity index (χ3n) is 5.53. The number of nitrogens with one attached hydrogen (secondary N) is 1.